The molecule has 94 valence electrons. The van der Waals surface area contributed by atoms with E-state index in [0.29, 0.717) is 17.1 Å². The molecule has 1 fully saturated rings. The average Bonchev–Trinajstić information content (AvgIpc) is 2.18. The molecule has 1 aromatic rings. The number of hydrogen-bond acceptors (Lipinski definition) is 1. The summed E-state index contributed by atoms with van der Waals surface area (Å²) < 4.78 is 0. The van der Waals surface area contributed by atoms with Gasteiger partial charge >= 0.3 is 0 Å². The highest BCUT2D eigenvalue weighted by Gasteiger charge is 2.33. The van der Waals surface area contributed by atoms with Crippen LogP contribution in [0, 0.1) is 18.3 Å². The number of aromatic hydroxyl groups is 1. The van der Waals surface area contributed by atoms with Crippen molar-refractivity contribution < 1.29 is 5.11 Å². The second-order valence-electron chi connectivity index (χ2n) is 6.67. The Morgan fingerprint density at radius 1 is 1.24 bits per heavy atom. The minimum atomic E-state index is 0.401. The molecule has 1 aliphatic rings. The van der Waals surface area contributed by atoms with E-state index in [4.69, 9.17) is 0 Å². The van der Waals surface area contributed by atoms with E-state index in [1.54, 1.807) is 0 Å². The Morgan fingerprint density at radius 3 is 2.59 bits per heavy atom. The summed E-state index contributed by atoms with van der Waals surface area (Å²) in [6.07, 6.45) is 3.70. The van der Waals surface area contributed by atoms with Gasteiger partial charge in [-0.15, -0.1) is 0 Å². The van der Waals surface area contributed by atoms with Crippen LogP contribution in [0.25, 0.3) is 0 Å². The summed E-state index contributed by atoms with van der Waals surface area (Å²) in [6.45, 7) is 9.13. The highest BCUT2D eigenvalue weighted by Crippen LogP contribution is 2.47. The molecular weight excluding hydrogens is 208 g/mol. The lowest BCUT2D eigenvalue weighted by Crippen LogP contribution is -2.26. The summed E-state index contributed by atoms with van der Waals surface area (Å²) in [5.41, 5.74) is 2.80. The van der Waals surface area contributed by atoms with Crippen molar-refractivity contribution in [3.8, 4) is 5.75 Å². The van der Waals surface area contributed by atoms with Crippen LogP contribution >= 0.6 is 0 Å². The van der Waals surface area contributed by atoms with E-state index in [9.17, 15) is 5.11 Å². The molecule has 1 N–H and O–H groups in total. The molecular formula is C16H24O. The zero-order valence-corrected chi connectivity index (χ0v) is 11.5. The highest BCUT2D eigenvalue weighted by atomic mass is 16.3. The maximum Gasteiger partial charge on any atom is 0.119 e. The topological polar surface area (TPSA) is 20.2 Å². The molecule has 1 nitrogen and oxygen atoms in total. The molecule has 0 bridgehead atoms. The van der Waals surface area contributed by atoms with Gasteiger partial charge in [-0.2, -0.15) is 0 Å². The van der Waals surface area contributed by atoms with E-state index in [-0.39, 0.29) is 0 Å². The molecule has 0 radical (unpaired) electrons. The zero-order valence-electron chi connectivity index (χ0n) is 11.5. The largest absolute Gasteiger partial charge is 0.508 e. The van der Waals surface area contributed by atoms with Crippen molar-refractivity contribution in [3.63, 3.8) is 0 Å². The number of phenols is 1. The van der Waals surface area contributed by atoms with Gasteiger partial charge in [0.15, 0.2) is 0 Å². The van der Waals surface area contributed by atoms with Crippen LogP contribution in [0.3, 0.4) is 0 Å². The maximum absolute atomic E-state index is 10.0. The lowest BCUT2D eigenvalue weighted by Gasteiger charge is -2.39. The Morgan fingerprint density at radius 2 is 1.94 bits per heavy atom. The Kier molecular flexibility index (Phi) is 3.20. The van der Waals surface area contributed by atoms with Gasteiger partial charge in [0, 0.05) is 0 Å². The normalized spacial score (nSPS) is 28.0. The third-order valence-electron chi connectivity index (χ3n) is 4.01. The van der Waals surface area contributed by atoms with Crippen LogP contribution in [-0.2, 0) is 0 Å². The summed E-state index contributed by atoms with van der Waals surface area (Å²) in [5, 5.41) is 10.0. The van der Waals surface area contributed by atoms with Crippen molar-refractivity contribution >= 4 is 0 Å². The fraction of sp³-hybridized carbons (Fsp3) is 0.625. The van der Waals surface area contributed by atoms with Crippen molar-refractivity contribution in [3.05, 3.63) is 29.3 Å². The van der Waals surface area contributed by atoms with Crippen LogP contribution in [-0.4, -0.2) is 5.11 Å². The first-order chi connectivity index (χ1) is 7.87. The SMILES string of the molecule is Cc1ccc(O)c(C2CC(C)CC(C)(C)C2)c1. The third-order valence-corrected chi connectivity index (χ3v) is 4.01. The molecule has 0 aliphatic heterocycles. The minimum absolute atomic E-state index is 0.401. The quantitative estimate of drug-likeness (QED) is 0.748. The molecule has 1 aromatic carbocycles. The lowest BCUT2D eigenvalue weighted by atomic mass is 9.66. The van der Waals surface area contributed by atoms with Gasteiger partial charge in [-0.25, -0.2) is 0 Å². The van der Waals surface area contributed by atoms with Crippen molar-refractivity contribution in [2.45, 2.75) is 52.9 Å². The summed E-state index contributed by atoms with van der Waals surface area (Å²) in [4.78, 5) is 0. The first-order valence-corrected chi connectivity index (χ1v) is 6.67. The van der Waals surface area contributed by atoms with Crippen molar-refractivity contribution in [1.82, 2.24) is 0 Å². The van der Waals surface area contributed by atoms with Crippen LogP contribution in [0.5, 0.6) is 5.75 Å². The first-order valence-electron chi connectivity index (χ1n) is 6.67. The number of rotatable bonds is 1. The van der Waals surface area contributed by atoms with E-state index in [1.807, 2.05) is 12.1 Å². The molecule has 2 unspecified atom stereocenters. The number of hydrogen-bond donors (Lipinski definition) is 1. The minimum Gasteiger partial charge on any atom is -0.508 e. The lowest BCUT2D eigenvalue weighted by molar-refractivity contribution is 0.167. The molecule has 2 atom stereocenters. The van der Waals surface area contributed by atoms with Gasteiger partial charge in [0.05, 0.1) is 0 Å². The van der Waals surface area contributed by atoms with E-state index in [2.05, 4.69) is 33.8 Å². The second-order valence-corrected chi connectivity index (χ2v) is 6.67. The third kappa shape index (κ3) is 2.83. The van der Waals surface area contributed by atoms with Crippen molar-refractivity contribution in [2.75, 3.05) is 0 Å². The number of aryl methyl sites for hydroxylation is 1. The summed E-state index contributed by atoms with van der Waals surface area (Å²) in [6, 6.07) is 5.99. The van der Waals surface area contributed by atoms with Gasteiger partial charge in [-0.05, 0) is 55.1 Å². The van der Waals surface area contributed by atoms with Gasteiger partial charge in [0.25, 0.3) is 0 Å². The molecule has 0 aromatic heterocycles. The Labute approximate surface area is 105 Å². The smallest absolute Gasteiger partial charge is 0.119 e. The Balaban J connectivity index is 2.30. The molecule has 0 amide bonds. The number of benzene rings is 1. The molecule has 1 aliphatic carbocycles. The van der Waals surface area contributed by atoms with Crippen molar-refractivity contribution in [2.24, 2.45) is 11.3 Å². The predicted molar refractivity (Wildman–Crippen MR) is 72.4 cm³/mol. The maximum atomic E-state index is 10.0. The van der Waals surface area contributed by atoms with Crippen LogP contribution < -0.4 is 0 Å². The fourth-order valence-corrected chi connectivity index (χ4v) is 3.58. The molecule has 1 heteroatoms. The number of phenolic OH excluding ortho intramolecular Hbond substituents is 1. The summed E-state index contributed by atoms with van der Waals surface area (Å²) in [7, 11) is 0. The Hall–Kier alpha value is -0.980. The van der Waals surface area contributed by atoms with E-state index in [0.717, 1.165) is 11.5 Å². The molecule has 0 saturated heterocycles. The molecule has 17 heavy (non-hydrogen) atoms. The monoisotopic (exact) mass is 232 g/mol. The first kappa shape index (κ1) is 12.5. The van der Waals surface area contributed by atoms with Gasteiger partial charge in [-0.1, -0.05) is 38.5 Å². The molecule has 0 spiro atoms. The van der Waals surface area contributed by atoms with E-state index >= 15 is 0 Å². The van der Waals surface area contributed by atoms with Gasteiger partial charge < -0.3 is 5.11 Å². The van der Waals surface area contributed by atoms with E-state index in [1.165, 1.54) is 24.8 Å². The molecule has 1 saturated carbocycles. The van der Waals surface area contributed by atoms with E-state index < -0.39 is 0 Å². The Bertz CT molecular complexity index is 406. The zero-order chi connectivity index (χ0) is 12.6. The van der Waals surface area contributed by atoms with Crippen LogP contribution in [0.4, 0.5) is 0 Å². The van der Waals surface area contributed by atoms with Gasteiger partial charge in [0.1, 0.15) is 5.75 Å². The molecule has 0 heterocycles. The van der Waals surface area contributed by atoms with Gasteiger partial charge in [-0.3, -0.25) is 0 Å². The fourth-order valence-electron chi connectivity index (χ4n) is 3.58. The second kappa shape index (κ2) is 4.36. The van der Waals surface area contributed by atoms with Gasteiger partial charge in [0.2, 0.25) is 0 Å². The summed E-state index contributed by atoms with van der Waals surface area (Å²) in [5.74, 6) is 1.75. The standard InChI is InChI=1S/C16H24O/c1-11-5-6-15(17)14(8-11)13-7-12(2)9-16(3,4)10-13/h5-6,8,12-13,17H,7,9-10H2,1-4H3. The molecule has 2 rings (SSSR count). The van der Waals surface area contributed by atoms with Crippen LogP contribution in [0.1, 0.15) is 57.1 Å². The predicted octanol–water partition coefficient (Wildman–Crippen LogP) is 4.63. The van der Waals surface area contributed by atoms with Crippen LogP contribution in [0.15, 0.2) is 18.2 Å². The highest BCUT2D eigenvalue weighted by molar-refractivity contribution is 5.38. The summed E-state index contributed by atoms with van der Waals surface area (Å²) >= 11 is 0. The average molecular weight is 232 g/mol. The van der Waals surface area contributed by atoms with Crippen LogP contribution in [0.2, 0.25) is 0 Å². The van der Waals surface area contributed by atoms with Crippen molar-refractivity contribution in [1.29, 1.82) is 0 Å².